The minimum atomic E-state index is -4.78. The van der Waals surface area contributed by atoms with Gasteiger partial charge in [0, 0.05) is 17.7 Å². The molecule has 0 aliphatic heterocycles. The summed E-state index contributed by atoms with van der Waals surface area (Å²) in [4.78, 5) is 9.05. The maximum Gasteiger partial charge on any atom is 0.573 e. The van der Waals surface area contributed by atoms with Crippen LogP contribution in [-0.2, 0) is 0 Å². The average Bonchev–Trinajstić information content (AvgIpc) is 2.65. The quantitative estimate of drug-likeness (QED) is 0.599. The molecule has 0 amide bonds. The monoisotopic (exact) mass is 435 g/mol. The molecular weight excluding hydrogens is 411 g/mol. The summed E-state index contributed by atoms with van der Waals surface area (Å²) in [5, 5.41) is 3.31. The number of hydrogen-bond acceptors (Lipinski definition) is 6. The molecule has 0 radical (unpaired) electrons. The third-order valence-electron chi connectivity index (χ3n) is 4.22. The fourth-order valence-corrected chi connectivity index (χ4v) is 2.75. The summed E-state index contributed by atoms with van der Waals surface area (Å²) in [5.74, 6) is 0.623. The van der Waals surface area contributed by atoms with Crippen LogP contribution in [0, 0.1) is 6.92 Å². The van der Waals surface area contributed by atoms with Crippen molar-refractivity contribution < 1.29 is 27.4 Å². The van der Waals surface area contributed by atoms with Gasteiger partial charge in [0.15, 0.2) is 5.82 Å². The molecule has 0 fully saturated rings. The van der Waals surface area contributed by atoms with Gasteiger partial charge in [-0.05, 0) is 31.9 Å². The molecule has 0 bridgehead atoms. The second-order valence-electron chi connectivity index (χ2n) is 6.08. The highest BCUT2D eigenvalue weighted by Crippen LogP contribution is 2.37. The van der Waals surface area contributed by atoms with Gasteiger partial charge in [0.25, 0.3) is 5.88 Å². The fraction of sp³-hybridized carbons (Fsp3) is 0.474. The number of rotatable bonds is 8. The van der Waals surface area contributed by atoms with E-state index < -0.39 is 6.36 Å². The number of anilines is 1. The highest BCUT2D eigenvalue weighted by Gasteiger charge is 2.31. The van der Waals surface area contributed by atoms with E-state index in [1.54, 1.807) is 6.92 Å². The van der Waals surface area contributed by atoms with Gasteiger partial charge < -0.3 is 19.5 Å². The van der Waals surface area contributed by atoms with Crippen molar-refractivity contribution in [3.05, 3.63) is 23.9 Å². The van der Waals surface area contributed by atoms with Gasteiger partial charge in [-0.2, -0.15) is 0 Å². The fourth-order valence-electron chi connectivity index (χ4n) is 2.75. The van der Waals surface area contributed by atoms with E-state index in [2.05, 4.69) is 33.9 Å². The number of aromatic nitrogens is 2. The highest BCUT2D eigenvalue weighted by molar-refractivity contribution is 5.85. The summed E-state index contributed by atoms with van der Waals surface area (Å²) < 4.78 is 51.9. The van der Waals surface area contributed by atoms with Gasteiger partial charge in [-0.15, -0.1) is 25.6 Å². The number of hydrogen-bond donors (Lipinski definition) is 1. The van der Waals surface area contributed by atoms with E-state index in [0.717, 1.165) is 18.9 Å². The van der Waals surface area contributed by atoms with Crippen LogP contribution in [0.5, 0.6) is 17.4 Å². The third-order valence-corrected chi connectivity index (χ3v) is 4.22. The maximum absolute atomic E-state index is 12.5. The average molecular weight is 436 g/mol. The Labute approximate surface area is 174 Å². The second-order valence-corrected chi connectivity index (χ2v) is 6.08. The lowest BCUT2D eigenvalue weighted by atomic mass is 10.1. The van der Waals surface area contributed by atoms with Crippen molar-refractivity contribution in [2.75, 3.05) is 19.5 Å². The first kappa shape index (κ1) is 24.6. The van der Waals surface area contributed by atoms with E-state index in [0.29, 0.717) is 28.6 Å². The Balaban J connectivity index is 0.00000420. The minimum absolute atomic E-state index is 0. The molecule has 10 heteroatoms. The lowest BCUT2D eigenvalue weighted by Crippen LogP contribution is -2.19. The summed E-state index contributed by atoms with van der Waals surface area (Å²) in [5.41, 5.74) is 1.51. The van der Waals surface area contributed by atoms with Gasteiger partial charge in [-0.3, -0.25) is 0 Å². The maximum atomic E-state index is 12.5. The first-order valence-electron chi connectivity index (χ1n) is 8.85. The third kappa shape index (κ3) is 6.28. The zero-order valence-corrected chi connectivity index (χ0v) is 17.7. The molecule has 1 N–H and O–H groups in total. The molecule has 0 atom stereocenters. The molecule has 0 unspecified atom stereocenters. The van der Waals surface area contributed by atoms with Gasteiger partial charge in [0.05, 0.1) is 25.6 Å². The molecule has 0 saturated carbocycles. The van der Waals surface area contributed by atoms with Crippen LogP contribution in [0.1, 0.15) is 32.4 Å². The van der Waals surface area contributed by atoms with Crippen LogP contribution in [0.3, 0.4) is 0 Å². The lowest BCUT2D eigenvalue weighted by molar-refractivity contribution is -0.274. The molecule has 0 saturated heterocycles. The van der Waals surface area contributed by atoms with Crippen molar-refractivity contribution in [1.82, 2.24) is 9.97 Å². The Hall–Kier alpha value is -2.42. The summed E-state index contributed by atoms with van der Waals surface area (Å²) in [7, 11) is 2.85. The number of aryl methyl sites for hydroxylation is 1. The van der Waals surface area contributed by atoms with Gasteiger partial charge in [0.1, 0.15) is 11.5 Å². The predicted octanol–water partition coefficient (Wildman–Crippen LogP) is 5.39. The van der Waals surface area contributed by atoms with Crippen LogP contribution >= 0.6 is 12.4 Å². The first-order valence-corrected chi connectivity index (χ1v) is 8.85. The predicted molar refractivity (Wildman–Crippen MR) is 107 cm³/mol. The Morgan fingerprint density at radius 2 is 1.72 bits per heavy atom. The number of halogens is 4. The van der Waals surface area contributed by atoms with Crippen molar-refractivity contribution >= 4 is 18.2 Å². The smallest absolute Gasteiger partial charge is 0.496 e. The van der Waals surface area contributed by atoms with Gasteiger partial charge in [0.2, 0.25) is 0 Å². The number of alkyl halides is 3. The molecule has 29 heavy (non-hydrogen) atoms. The van der Waals surface area contributed by atoms with E-state index >= 15 is 0 Å². The molecule has 0 aliphatic rings. The van der Waals surface area contributed by atoms with Crippen LogP contribution in [0.25, 0.3) is 11.3 Å². The number of nitrogens with zero attached hydrogens (tertiary/aromatic N) is 2. The molecule has 1 heterocycles. The van der Waals surface area contributed by atoms with E-state index in [1.165, 1.54) is 26.4 Å². The molecule has 1 aromatic heterocycles. The topological polar surface area (TPSA) is 65.5 Å². The lowest BCUT2D eigenvalue weighted by Gasteiger charge is -2.19. The van der Waals surface area contributed by atoms with E-state index in [1.807, 2.05) is 0 Å². The van der Waals surface area contributed by atoms with Gasteiger partial charge >= 0.3 is 6.36 Å². The van der Waals surface area contributed by atoms with Crippen molar-refractivity contribution in [3.8, 4) is 28.6 Å². The van der Waals surface area contributed by atoms with Gasteiger partial charge in [-0.25, -0.2) is 9.97 Å². The zero-order chi connectivity index (χ0) is 20.9. The standard InChI is InChI=1S/C19H24F3N3O3.ClH/c1-6-12(7-2)24-17-18(27-5)25-16(11(3)23-17)14-9-8-13(10-15(14)26-4)28-19(20,21)22;/h8-10,12H,6-7H2,1-5H3,(H,23,24);1H. The number of nitrogens with one attached hydrogen (secondary N) is 1. The Bertz CT molecular complexity index is 815. The van der Waals surface area contributed by atoms with Crippen molar-refractivity contribution in [2.45, 2.75) is 46.0 Å². The Morgan fingerprint density at radius 3 is 2.24 bits per heavy atom. The Kier molecular flexibility index (Phi) is 8.81. The van der Waals surface area contributed by atoms with E-state index in [-0.39, 0.29) is 29.9 Å². The molecule has 0 spiro atoms. The van der Waals surface area contributed by atoms with E-state index in [4.69, 9.17) is 9.47 Å². The van der Waals surface area contributed by atoms with E-state index in [9.17, 15) is 13.2 Å². The molecule has 6 nitrogen and oxygen atoms in total. The SMILES string of the molecule is CCC(CC)Nc1nc(C)c(-c2ccc(OC(F)(F)F)cc2OC)nc1OC.Cl. The number of benzene rings is 1. The molecule has 2 rings (SSSR count). The molecular formula is C19H25ClF3N3O3. The summed E-state index contributed by atoms with van der Waals surface area (Å²) in [6, 6.07) is 4.04. The molecule has 0 aliphatic carbocycles. The summed E-state index contributed by atoms with van der Waals surface area (Å²) in [6.45, 7) is 5.90. The van der Waals surface area contributed by atoms with Crippen LogP contribution in [-0.4, -0.2) is 36.6 Å². The molecule has 2 aromatic rings. The van der Waals surface area contributed by atoms with Crippen molar-refractivity contribution in [1.29, 1.82) is 0 Å². The summed E-state index contributed by atoms with van der Waals surface area (Å²) in [6.07, 6.45) is -2.96. The van der Waals surface area contributed by atoms with Gasteiger partial charge in [-0.1, -0.05) is 13.8 Å². The highest BCUT2D eigenvalue weighted by atomic mass is 35.5. The van der Waals surface area contributed by atoms with Crippen LogP contribution in [0.2, 0.25) is 0 Å². The first-order chi connectivity index (χ1) is 13.2. The molecule has 1 aromatic carbocycles. The molecule has 162 valence electrons. The second kappa shape index (κ2) is 10.4. The van der Waals surface area contributed by atoms with Crippen molar-refractivity contribution in [2.24, 2.45) is 0 Å². The zero-order valence-electron chi connectivity index (χ0n) is 16.9. The number of methoxy groups -OCH3 is 2. The normalized spacial score (nSPS) is 11.1. The minimum Gasteiger partial charge on any atom is -0.496 e. The van der Waals surface area contributed by atoms with Crippen molar-refractivity contribution in [3.63, 3.8) is 0 Å². The van der Waals surface area contributed by atoms with Crippen LogP contribution < -0.4 is 19.5 Å². The summed E-state index contributed by atoms with van der Waals surface area (Å²) >= 11 is 0. The van der Waals surface area contributed by atoms with Crippen LogP contribution in [0.15, 0.2) is 18.2 Å². The largest absolute Gasteiger partial charge is 0.573 e. The number of ether oxygens (including phenoxy) is 3. The Morgan fingerprint density at radius 1 is 1.07 bits per heavy atom. The van der Waals surface area contributed by atoms with Crippen LogP contribution in [0.4, 0.5) is 19.0 Å².